The van der Waals surface area contributed by atoms with Crippen LogP contribution in [0.25, 0.3) is 21.3 Å². The lowest BCUT2D eigenvalue weighted by Crippen LogP contribution is -2.13. The van der Waals surface area contributed by atoms with Gasteiger partial charge in [-0.1, -0.05) is 18.2 Å². The second-order valence-electron chi connectivity index (χ2n) is 5.65. The largest absolute Gasteiger partial charge is 0.306 e. The van der Waals surface area contributed by atoms with Crippen LogP contribution in [-0.2, 0) is 7.05 Å². The molecular formula is C19H14FN3OS. The summed E-state index contributed by atoms with van der Waals surface area (Å²) in [6.45, 7) is 0. The molecule has 2 aromatic heterocycles. The summed E-state index contributed by atoms with van der Waals surface area (Å²) in [5, 5.41) is 8.32. The number of thiophene rings is 1. The Morgan fingerprint density at radius 1 is 1.12 bits per heavy atom. The summed E-state index contributed by atoms with van der Waals surface area (Å²) in [5.74, 6) is 0.120. The Bertz CT molecular complexity index is 1030. The molecule has 25 heavy (non-hydrogen) atoms. The molecule has 0 saturated heterocycles. The Labute approximate surface area is 147 Å². The molecule has 0 aliphatic rings. The quantitative estimate of drug-likeness (QED) is 0.582. The number of nitrogens with zero attached hydrogens (tertiary/aromatic N) is 2. The van der Waals surface area contributed by atoms with Gasteiger partial charge in [0.05, 0.1) is 10.6 Å². The highest BCUT2D eigenvalue weighted by atomic mass is 32.1. The van der Waals surface area contributed by atoms with Gasteiger partial charge in [0.15, 0.2) is 0 Å². The molecule has 4 aromatic rings. The number of carbonyl (C=O) groups is 1. The maximum Gasteiger partial charge on any atom is 0.266 e. The van der Waals surface area contributed by atoms with E-state index in [1.165, 1.54) is 23.5 Å². The predicted octanol–water partition coefficient (Wildman–Crippen LogP) is 4.69. The van der Waals surface area contributed by atoms with Crippen molar-refractivity contribution in [1.82, 2.24) is 9.78 Å². The van der Waals surface area contributed by atoms with Gasteiger partial charge in [-0.2, -0.15) is 5.10 Å². The predicted molar refractivity (Wildman–Crippen MR) is 98.4 cm³/mol. The SMILES string of the molecule is Cn1nc(-c2ccc(F)cc2)cc1NC(=O)c1cc2ccccc2s1. The fourth-order valence-corrected chi connectivity index (χ4v) is 3.58. The molecule has 6 heteroatoms. The van der Waals surface area contributed by atoms with E-state index in [1.807, 2.05) is 30.3 Å². The summed E-state index contributed by atoms with van der Waals surface area (Å²) in [6, 6.07) is 17.6. The molecule has 0 unspecified atom stereocenters. The molecule has 2 heterocycles. The van der Waals surface area contributed by atoms with E-state index in [4.69, 9.17) is 0 Å². The third-order valence-corrected chi connectivity index (χ3v) is 5.03. The lowest BCUT2D eigenvalue weighted by molar-refractivity contribution is 0.102. The van der Waals surface area contributed by atoms with Gasteiger partial charge in [-0.05, 0) is 41.8 Å². The minimum Gasteiger partial charge on any atom is -0.306 e. The van der Waals surface area contributed by atoms with Crippen molar-refractivity contribution in [2.24, 2.45) is 7.05 Å². The molecule has 0 aliphatic carbocycles. The van der Waals surface area contributed by atoms with Crippen molar-refractivity contribution < 1.29 is 9.18 Å². The standard InChI is InChI=1S/C19H14FN3OS/c1-23-18(11-15(22-23)12-6-8-14(20)9-7-12)21-19(24)17-10-13-4-2-3-5-16(13)25-17/h2-11H,1H3,(H,21,24). The highest BCUT2D eigenvalue weighted by molar-refractivity contribution is 7.20. The van der Waals surface area contributed by atoms with Crippen molar-refractivity contribution in [2.75, 3.05) is 5.32 Å². The highest BCUT2D eigenvalue weighted by Gasteiger charge is 2.14. The molecule has 1 N–H and O–H groups in total. The van der Waals surface area contributed by atoms with Crippen molar-refractivity contribution in [3.8, 4) is 11.3 Å². The average molecular weight is 351 g/mol. The number of aromatic nitrogens is 2. The number of fused-ring (bicyclic) bond motifs is 1. The molecule has 4 nitrogen and oxygen atoms in total. The minimum absolute atomic E-state index is 0.171. The van der Waals surface area contributed by atoms with Crippen LogP contribution in [0, 0.1) is 5.82 Å². The van der Waals surface area contributed by atoms with Gasteiger partial charge in [0.25, 0.3) is 5.91 Å². The molecular weight excluding hydrogens is 337 g/mol. The van der Waals surface area contributed by atoms with Crippen LogP contribution in [0.3, 0.4) is 0 Å². The van der Waals surface area contributed by atoms with Gasteiger partial charge in [0.1, 0.15) is 11.6 Å². The molecule has 4 rings (SSSR count). The fourth-order valence-electron chi connectivity index (χ4n) is 2.62. The maximum absolute atomic E-state index is 13.1. The van der Waals surface area contributed by atoms with Gasteiger partial charge in [0, 0.05) is 23.4 Å². The monoisotopic (exact) mass is 351 g/mol. The van der Waals surface area contributed by atoms with Crippen LogP contribution in [0.5, 0.6) is 0 Å². The van der Waals surface area contributed by atoms with Crippen LogP contribution < -0.4 is 5.32 Å². The van der Waals surface area contributed by atoms with Gasteiger partial charge in [0.2, 0.25) is 0 Å². The topological polar surface area (TPSA) is 46.9 Å². The number of benzene rings is 2. The first kappa shape index (κ1) is 15.5. The molecule has 0 saturated carbocycles. The first-order chi connectivity index (χ1) is 12.1. The number of hydrogen-bond acceptors (Lipinski definition) is 3. The van der Waals surface area contributed by atoms with Crippen molar-refractivity contribution in [2.45, 2.75) is 0 Å². The molecule has 0 fully saturated rings. The zero-order chi connectivity index (χ0) is 17.4. The summed E-state index contributed by atoms with van der Waals surface area (Å²) >= 11 is 1.45. The Morgan fingerprint density at radius 3 is 2.64 bits per heavy atom. The lowest BCUT2D eigenvalue weighted by Gasteiger charge is -2.02. The molecule has 2 aromatic carbocycles. The van der Waals surface area contributed by atoms with Crippen molar-refractivity contribution in [3.63, 3.8) is 0 Å². The highest BCUT2D eigenvalue weighted by Crippen LogP contribution is 2.27. The first-order valence-corrected chi connectivity index (χ1v) is 8.52. The molecule has 0 radical (unpaired) electrons. The summed E-state index contributed by atoms with van der Waals surface area (Å²) in [6.07, 6.45) is 0. The van der Waals surface area contributed by atoms with E-state index in [0.29, 0.717) is 16.4 Å². The van der Waals surface area contributed by atoms with Crippen molar-refractivity contribution in [1.29, 1.82) is 0 Å². The van der Waals surface area contributed by atoms with Gasteiger partial charge < -0.3 is 5.32 Å². The number of aryl methyl sites for hydroxylation is 1. The number of hydrogen-bond donors (Lipinski definition) is 1. The van der Waals surface area contributed by atoms with Crippen LogP contribution >= 0.6 is 11.3 Å². The number of rotatable bonds is 3. The zero-order valence-electron chi connectivity index (χ0n) is 13.4. The summed E-state index contributed by atoms with van der Waals surface area (Å²) in [5.41, 5.74) is 1.47. The molecule has 0 spiro atoms. The fraction of sp³-hybridized carbons (Fsp3) is 0.0526. The van der Waals surface area contributed by atoms with Crippen LogP contribution in [0.2, 0.25) is 0 Å². The number of halogens is 1. The number of anilines is 1. The molecule has 1 amide bonds. The third-order valence-electron chi connectivity index (χ3n) is 3.91. The van der Waals surface area contributed by atoms with E-state index >= 15 is 0 Å². The smallest absolute Gasteiger partial charge is 0.266 e. The van der Waals surface area contributed by atoms with Gasteiger partial charge in [-0.3, -0.25) is 9.48 Å². The minimum atomic E-state index is -0.294. The second kappa shape index (κ2) is 6.14. The van der Waals surface area contributed by atoms with Crippen LogP contribution in [-0.4, -0.2) is 15.7 Å². The summed E-state index contributed by atoms with van der Waals surface area (Å²) in [7, 11) is 1.76. The van der Waals surface area contributed by atoms with Crippen molar-refractivity contribution >= 4 is 33.1 Å². The van der Waals surface area contributed by atoms with Crippen LogP contribution in [0.4, 0.5) is 10.2 Å². The Balaban J connectivity index is 1.60. The van der Waals surface area contributed by atoms with Crippen LogP contribution in [0.1, 0.15) is 9.67 Å². The van der Waals surface area contributed by atoms with Gasteiger partial charge in [-0.15, -0.1) is 11.3 Å². The second-order valence-corrected chi connectivity index (χ2v) is 6.73. The maximum atomic E-state index is 13.1. The third kappa shape index (κ3) is 3.04. The summed E-state index contributed by atoms with van der Waals surface area (Å²) in [4.78, 5) is 13.2. The van der Waals surface area contributed by atoms with Gasteiger partial charge in [-0.25, -0.2) is 4.39 Å². The molecule has 0 atom stereocenters. The van der Waals surface area contributed by atoms with E-state index in [1.54, 1.807) is 29.9 Å². The number of nitrogens with one attached hydrogen (secondary N) is 1. The molecule has 124 valence electrons. The molecule has 0 aliphatic heterocycles. The first-order valence-electron chi connectivity index (χ1n) is 7.70. The van der Waals surface area contributed by atoms with E-state index in [-0.39, 0.29) is 11.7 Å². The van der Waals surface area contributed by atoms with E-state index in [2.05, 4.69) is 10.4 Å². The normalized spacial score (nSPS) is 11.0. The van der Waals surface area contributed by atoms with E-state index < -0.39 is 0 Å². The summed E-state index contributed by atoms with van der Waals surface area (Å²) < 4.78 is 15.7. The van der Waals surface area contributed by atoms with E-state index in [0.717, 1.165) is 15.6 Å². The number of amides is 1. The Morgan fingerprint density at radius 2 is 1.88 bits per heavy atom. The van der Waals surface area contributed by atoms with Crippen molar-refractivity contribution in [3.05, 3.63) is 71.4 Å². The lowest BCUT2D eigenvalue weighted by atomic mass is 10.1. The van der Waals surface area contributed by atoms with Gasteiger partial charge >= 0.3 is 0 Å². The van der Waals surface area contributed by atoms with E-state index in [9.17, 15) is 9.18 Å². The van der Waals surface area contributed by atoms with Crippen LogP contribution in [0.15, 0.2) is 60.7 Å². The average Bonchev–Trinajstić information content (AvgIpc) is 3.19. The Kier molecular flexibility index (Phi) is 3.82. The zero-order valence-corrected chi connectivity index (χ0v) is 14.2. The Hall–Kier alpha value is -2.99. The molecule has 0 bridgehead atoms. The number of carbonyl (C=O) groups excluding carboxylic acids is 1.